The zero-order valence-electron chi connectivity index (χ0n) is 9.78. The highest BCUT2D eigenvalue weighted by molar-refractivity contribution is 6.31. The number of benzene rings is 1. The SMILES string of the molecule is Cn1cc(NCc2c(F)cccc2Cl)ccc1=O. The lowest BCUT2D eigenvalue weighted by Crippen LogP contribution is -2.15. The number of pyridine rings is 1. The molecule has 0 aliphatic rings. The maximum Gasteiger partial charge on any atom is 0.250 e. The van der Waals surface area contributed by atoms with Crippen LogP contribution in [-0.4, -0.2) is 4.57 Å². The van der Waals surface area contributed by atoms with Crippen molar-refractivity contribution in [2.24, 2.45) is 7.05 Å². The van der Waals surface area contributed by atoms with Crippen LogP contribution in [0.5, 0.6) is 0 Å². The summed E-state index contributed by atoms with van der Waals surface area (Å²) in [7, 11) is 1.66. The molecule has 0 atom stereocenters. The first-order chi connectivity index (χ1) is 8.58. The van der Waals surface area contributed by atoms with Crippen LogP contribution in [0.4, 0.5) is 10.1 Å². The molecule has 2 aromatic rings. The topological polar surface area (TPSA) is 34.0 Å². The van der Waals surface area contributed by atoms with Gasteiger partial charge in [-0.1, -0.05) is 17.7 Å². The summed E-state index contributed by atoms with van der Waals surface area (Å²) in [6.07, 6.45) is 1.65. The molecule has 2 rings (SSSR count). The third kappa shape index (κ3) is 2.71. The number of nitrogens with zero attached hydrogens (tertiary/aromatic N) is 1. The highest BCUT2D eigenvalue weighted by Gasteiger charge is 2.06. The van der Waals surface area contributed by atoms with Crippen LogP contribution in [0.2, 0.25) is 5.02 Å². The summed E-state index contributed by atoms with van der Waals surface area (Å²) in [5.41, 5.74) is 1.05. The van der Waals surface area contributed by atoms with Crippen LogP contribution in [0, 0.1) is 5.82 Å². The Hall–Kier alpha value is -1.81. The number of aromatic nitrogens is 1. The van der Waals surface area contributed by atoms with Crippen LogP contribution in [0.15, 0.2) is 41.3 Å². The van der Waals surface area contributed by atoms with Gasteiger partial charge in [0.1, 0.15) is 5.82 Å². The summed E-state index contributed by atoms with van der Waals surface area (Å²) in [6.45, 7) is 0.268. The van der Waals surface area contributed by atoms with E-state index in [9.17, 15) is 9.18 Å². The smallest absolute Gasteiger partial charge is 0.250 e. The average molecular weight is 267 g/mol. The van der Waals surface area contributed by atoms with E-state index >= 15 is 0 Å². The second kappa shape index (κ2) is 5.23. The van der Waals surface area contributed by atoms with Gasteiger partial charge in [0.05, 0.1) is 5.69 Å². The Morgan fingerprint density at radius 1 is 1.33 bits per heavy atom. The molecular weight excluding hydrogens is 255 g/mol. The third-order valence-electron chi connectivity index (χ3n) is 2.62. The van der Waals surface area contributed by atoms with Gasteiger partial charge in [-0.3, -0.25) is 4.79 Å². The Bertz CT molecular complexity index is 604. The Morgan fingerprint density at radius 2 is 2.11 bits per heavy atom. The molecule has 0 unspecified atom stereocenters. The molecule has 5 heteroatoms. The molecule has 0 saturated heterocycles. The normalized spacial score (nSPS) is 10.4. The van der Waals surface area contributed by atoms with Gasteiger partial charge in [-0.25, -0.2) is 4.39 Å². The van der Waals surface area contributed by atoms with E-state index in [4.69, 9.17) is 11.6 Å². The summed E-state index contributed by atoms with van der Waals surface area (Å²) < 4.78 is 15.0. The Morgan fingerprint density at radius 3 is 2.78 bits per heavy atom. The standard InChI is InChI=1S/C13H12ClFN2O/c1-17-8-9(5-6-13(17)18)16-7-10-11(14)3-2-4-12(10)15/h2-6,8,16H,7H2,1H3. The summed E-state index contributed by atoms with van der Waals surface area (Å²) >= 11 is 5.92. The lowest BCUT2D eigenvalue weighted by Gasteiger charge is -2.09. The molecule has 0 radical (unpaired) electrons. The fourth-order valence-electron chi connectivity index (χ4n) is 1.59. The first kappa shape index (κ1) is 12.6. The number of hydrogen-bond donors (Lipinski definition) is 1. The molecule has 0 amide bonds. The van der Waals surface area contributed by atoms with E-state index in [1.54, 1.807) is 31.4 Å². The fourth-order valence-corrected chi connectivity index (χ4v) is 1.82. The number of nitrogens with one attached hydrogen (secondary N) is 1. The van der Waals surface area contributed by atoms with Gasteiger partial charge in [-0.15, -0.1) is 0 Å². The number of aryl methyl sites for hydroxylation is 1. The highest BCUT2D eigenvalue weighted by atomic mass is 35.5. The van der Waals surface area contributed by atoms with Crippen LogP contribution in [0.1, 0.15) is 5.56 Å². The minimum absolute atomic E-state index is 0.0931. The molecule has 1 aromatic carbocycles. The van der Waals surface area contributed by atoms with Gasteiger partial charge in [-0.2, -0.15) is 0 Å². The first-order valence-corrected chi connectivity index (χ1v) is 5.79. The van der Waals surface area contributed by atoms with E-state index in [-0.39, 0.29) is 17.9 Å². The Kier molecular flexibility index (Phi) is 3.67. The quantitative estimate of drug-likeness (QED) is 0.927. The molecule has 0 aliphatic carbocycles. The second-order valence-electron chi connectivity index (χ2n) is 3.92. The fraction of sp³-hybridized carbons (Fsp3) is 0.154. The number of rotatable bonds is 3. The summed E-state index contributed by atoms with van der Waals surface area (Å²) in [6, 6.07) is 7.67. The van der Waals surface area contributed by atoms with E-state index in [0.29, 0.717) is 10.6 Å². The molecule has 1 aromatic heterocycles. The van der Waals surface area contributed by atoms with Crippen LogP contribution in [0.25, 0.3) is 0 Å². The van der Waals surface area contributed by atoms with Crippen molar-refractivity contribution >= 4 is 17.3 Å². The monoisotopic (exact) mass is 266 g/mol. The van der Waals surface area contributed by atoms with Gasteiger partial charge >= 0.3 is 0 Å². The van der Waals surface area contributed by atoms with Crippen molar-refractivity contribution in [3.8, 4) is 0 Å². The Labute approximate surface area is 109 Å². The molecule has 0 bridgehead atoms. The molecule has 1 N–H and O–H groups in total. The lowest BCUT2D eigenvalue weighted by molar-refractivity contribution is 0.613. The van der Waals surface area contributed by atoms with Gasteiger partial charge in [0, 0.05) is 36.4 Å². The third-order valence-corrected chi connectivity index (χ3v) is 2.97. The van der Waals surface area contributed by atoms with Crippen LogP contribution >= 0.6 is 11.6 Å². The van der Waals surface area contributed by atoms with Crippen molar-refractivity contribution in [1.29, 1.82) is 0 Å². The maximum atomic E-state index is 13.5. The van der Waals surface area contributed by atoms with Crippen molar-refractivity contribution in [2.75, 3.05) is 5.32 Å². The van der Waals surface area contributed by atoms with E-state index in [1.165, 1.54) is 16.7 Å². The molecule has 0 aliphatic heterocycles. The largest absolute Gasteiger partial charge is 0.380 e. The molecule has 18 heavy (non-hydrogen) atoms. The highest BCUT2D eigenvalue weighted by Crippen LogP contribution is 2.20. The summed E-state index contributed by atoms with van der Waals surface area (Å²) in [5, 5.41) is 3.41. The number of halogens is 2. The van der Waals surface area contributed by atoms with Gasteiger partial charge in [0.2, 0.25) is 5.56 Å². The van der Waals surface area contributed by atoms with Crippen LogP contribution in [-0.2, 0) is 13.6 Å². The van der Waals surface area contributed by atoms with Crippen molar-refractivity contribution in [1.82, 2.24) is 4.57 Å². The van der Waals surface area contributed by atoms with E-state index in [0.717, 1.165) is 5.69 Å². The van der Waals surface area contributed by atoms with E-state index < -0.39 is 0 Å². The van der Waals surface area contributed by atoms with Crippen LogP contribution in [0.3, 0.4) is 0 Å². The first-order valence-electron chi connectivity index (χ1n) is 5.41. The zero-order chi connectivity index (χ0) is 13.1. The van der Waals surface area contributed by atoms with Crippen molar-refractivity contribution in [3.05, 3.63) is 63.3 Å². The van der Waals surface area contributed by atoms with E-state index in [1.807, 2.05) is 0 Å². The van der Waals surface area contributed by atoms with Crippen molar-refractivity contribution in [3.63, 3.8) is 0 Å². The average Bonchev–Trinajstić information content (AvgIpc) is 2.33. The minimum Gasteiger partial charge on any atom is -0.380 e. The lowest BCUT2D eigenvalue weighted by atomic mass is 10.2. The Balaban J connectivity index is 2.16. The number of anilines is 1. The number of hydrogen-bond acceptors (Lipinski definition) is 2. The van der Waals surface area contributed by atoms with E-state index in [2.05, 4.69) is 5.32 Å². The molecule has 0 fully saturated rings. The molecule has 1 heterocycles. The predicted octanol–water partition coefficient (Wildman–Crippen LogP) is 2.79. The second-order valence-corrected chi connectivity index (χ2v) is 4.33. The van der Waals surface area contributed by atoms with Gasteiger partial charge in [0.25, 0.3) is 0 Å². The van der Waals surface area contributed by atoms with Crippen molar-refractivity contribution < 1.29 is 4.39 Å². The zero-order valence-corrected chi connectivity index (χ0v) is 10.5. The van der Waals surface area contributed by atoms with Crippen molar-refractivity contribution in [2.45, 2.75) is 6.54 Å². The minimum atomic E-state index is -0.347. The van der Waals surface area contributed by atoms with Crippen LogP contribution < -0.4 is 10.9 Å². The predicted molar refractivity (Wildman–Crippen MR) is 70.4 cm³/mol. The van der Waals surface area contributed by atoms with Gasteiger partial charge < -0.3 is 9.88 Å². The molecule has 3 nitrogen and oxygen atoms in total. The summed E-state index contributed by atoms with van der Waals surface area (Å²) in [5.74, 6) is -0.347. The van der Waals surface area contributed by atoms with Gasteiger partial charge in [0.15, 0.2) is 0 Å². The maximum absolute atomic E-state index is 13.5. The molecular formula is C13H12ClFN2O. The molecule has 94 valence electrons. The molecule has 0 spiro atoms. The van der Waals surface area contributed by atoms with Gasteiger partial charge in [-0.05, 0) is 18.2 Å². The molecule has 0 saturated carbocycles. The summed E-state index contributed by atoms with van der Waals surface area (Å²) in [4.78, 5) is 11.2.